The van der Waals surface area contributed by atoms with Gasteiger partial charge in [-0.25, -0.2) is 18.1 Å². The van der Waals surface area contributed by atoms with E-state index < -0.39 is 10.0 Å². The smallest absolute Gasteiger partial charge is 0.242 e. The standard InChI is InChI=1S/C13H20N4O3S/c1-2-7-17-9-12(8-11(17)10-18)21(19,20)16-4-3-13-14-5-6-15-13/h5-6,8-9,16,18H,2-4,7,10H2,1H3,(H,14,15). The molecule has 0 bridgehead atoms. The molecular weight excluding hydrogens is 292 g/mol. The third-order valence-corrected chi connectivity index (χ3v) is 4.53. The lowest BCUT2D eigenvalue weighted by molar-refractivity contribution is 0.270. The van der Waals surface area contributed by atoms with Crippen LogP contribution in [-0.4, -0.2) is 34.6 Å². The van der Waals surface area contributed by atoms with Crippen LogP contribution < -0.4 is 4.72 Å². The first-order chi connectivity index (χ1) is 10.1. The first kappa shape index (κ1) is 15.7. The highest BCUT2D eigenvalue weighted by atomic mass is 32.2. The summed E-state index contributed by atoms with van der Waals surface area (Å²) in [5.74, 6) is 0.734. The van der Waals surface area contributed by atoms with E-state index in [1.807, 2.05) is 6.92 Å². The van der Waals surface area contributed by atoms with E-state index in [1.165, 1.54) is 6.07 Å². The minimum absolute atomic E-state index is 0.179. The van der Waals surface area contributed by atoms with Gasteiger partial charge in [0.2, 0.25) is 10.0 Å². The lowest BCUT2D eigenvalue weighted by atomic mass is 10.4. The molecule has 0 saturated carbocycles. The molecule has 21 heavy (non-hydrogen) atoms. The lowest BCUT2D eigenvalue weighted by Crippen LogP contribution is -2.26. The zero-order chi connectivity index (χ0) is 15.3. The number of aromatic amines is 1. The Morgan fingerprint density at radius 3 is 2.90 bits per heavy atom. The van der Waals surface area contributed by atoms with Crippen LogP contribution in [0.25, 0.3) is 0 Å². The number of H-pyrrole nitrogens is 1. The van der Waals surface area contributed by atoms with Gasteiger partial charge in [0.05, 0.1) is 11.5 Å². The first-order valence-electron chi connectivity index (χ1n) is 6.84. The van der Waals surface area contributed by atoms with Crippen molar-refractivity contribution in [2.45, 2.75) is 37.8 Å². The van der Waals surface area contributed by atoms with Crippen LogP contribution in [0.15, 0.2) is 29.6 Å². The number of sulfonamides is 1. The maximum Gasteiger partial charge on any atom is 0.242 e. The van der Waals surface area contributed by atoms with Crippen molar-refractivity contribution in [1.29, 1.82) is 0 Å². The van der Waals surface area contributed by atoms with Crippen molar-refractivity contribution in [3.8, 4) is 0 Å². The molecule has 0 fully saturated rings. The molecule has 0 spiro atoms. The largest absolute Gasteiger partial charge is 0.390 e. The Labute approximate surface area is 124 Å². The van der Waals surface area contributed by atoms with Crippen molar-refractivity contribution in [2.24, 2.45) is 0 Å². The SMILES string of the molecule is CCCn1cc(S(=O)(=O)NCCc2ncc[nH]2)cc1CO. The van der Waals surface area contributed by atoms with Crippen LogP contribution in [0, 0.1) is 0 Å². The third-order valence-electron chi connectivity index (χ3n) is 3.11. The van der Waals surface area contributed by atoms with Crippen molar-refractivity contribution >= 4 is 10.0 Å². The molecule has 0 saturated heterocycles. The predicted octanol–water partition coefficient (Wildman–Crippen LogP) is 0.634. The molecule has 8 heteroatoms. The quantitative estimate of drug-likeness (QED) is 0.666. The van der Waals surface area contributed by atoms with Crippen molar-refractivity contribution in [3.05, 3.63) is 36.2 Å². The zero-order valence-corrected chi connectivity index (χ0v) is 12.7. The minimum atomic E-state index is -3.57. The summed E-state index contributed by atoms with van der Waals surface area (Å²) in [7, 11) is -3.57. The molecule has 0 unspecified atom stereocenters. The van der Waals surface area contributed by atoms with Gasteiger partial charge in [-0.1, -0.05) is 6.92 Å². The molecule has 0 aliphatic carbocycles. The molecule has 2 rings (SSSR count). The third kappa shape index (κ3) is 3.93. The molecule has 7 nitrogen and oxygen atoms in total. The number of imidazole rings is 1. The van der Waals surface area contributed by atoms with Crippen molar-refractivity contribution < 1.29 is 13.5 Å². The van der Waals surface area contributed by atoms with Crippen molar-refractivity contribution in [2.75, 3.05) is 6.54 Å². The molecular formula is C13H20N4O3S. The Hall–Kier alpha value is -1.64. The summed E-state index contributed by atoms with van der Waals surface area (Å²) < 4.78 is 28.7. The molecule has 116 valence electrons. The number of aliphatic hydroxyl groups is 1. The number of aryl methyl sites for hydroxylation is 1. The van der Waals surface area contributed by atoms with Crippen LogP contribution in [-0.2, 0) is 29.6 Å². The first-order valence-corrected chi connectivity index (χ1v) is 8.33. The monoisotopic (exact) mass is 312 g/mol. The zero-order valence-electron chi connectivity index (χ0n) is 11.9. The average molecular weight is 312 g/mol. The maximum atomic E-state index is 12.2. The highest BCUT2D eigenvalue weighted by molar-refractivity contribution is 7.89. The van der Waals surface area contributed by atoms with E-state index in [0.29, 0.717) is 18.7 Å². The summed E-state index contributed by atoms with van der Waals surface area (Å²) in [6.45, 7) is 2.76. The van der Waals surface area contributed by atoms with Gasteiger partial charge in [-0.05, 0) is 12.5 Å². The minimum Gasteiger partial charge on any atom is -0.390 e. The van der Waals surface area contributed by atoms with Gasteiger partial charge in [0.1, 0.15) is 5.82 Å². The summed E-state index contributed by atoms with van der Waals surface area (Å²) in [5.41, 5.74) is 0.600. The van der Waals surface area contributed by atoms with E-state index >= 15 is 0 Å². The van der Waals surface area contributed by atoms with E-state index in [9.17, 15) is 13.5 Å². The van der Waals surface area contributed by atoms with Crippen LogP contribution in [0.2, 0.25) is 0 Å². The van der Waals surface area contributed by atoms with Gasteiger partial charge in [-0.3, -0.25) is 0 Å². The number of nitrogens with zero attached hydrogens (tertiary/aromatic N) is 2. The number of aromatic nitrogens is 3. The second-order valence-electron chi connectivity index (χ2n) is 4.70. The summed E-state index contributed by atoms with van der Waals surface area (Å²) in [6.07, 6.45) is 6.25. The van der Waals surface area contributed by atoms with Gasteiger partial charge in [-0.2, -0.15) is 0 Å². The Kier molecular flexibility index (Phi) is 5.16. The fourth-order valence-corrected chi connectivity index (χ4v) is 3.17. The molecule has 0 atom stereocenters. The van der Waals surface area contributed by atoms with E-state index in [1.54, 1.807) is 23.2 Å². The van der Waals surface area contributed by atoms with Crippen LogP contribution in [0.5, 0.6) is 0 Å². The van der Waals surface area contributed by atoms with E-state index in [2.05, 4.69) is 14.7 Å². The van der Waals surface area contributed by atoms with Crippen molar-refractivity contribution in [3.63, 3.8) is 0 Å². The summed E-state index contributed by atoms with van der Waals surface area (Å²) in [4.78, 5) is 7.14. The van der Waals surface area contributed by atoms with E-state index in [0.717, 1.165) is 12.2 Å². The molecule has 0 aliphatic rings. The summed E-state index contributed by atoms with van der Waals surface area (Å²) >= 11 is 0. The van der Waals surface area contributed by atoms with E-state index in [4.69, 9.17) is 0 Å². The van der Waals surface area contributed by atoms with Gasteiger partial charge in [-0.15, -0.1) is 0 Å². The fourth-order valence-electron chi connectivity index (χ4n) is 2.08. The average Bonchev–Trinajstić information content (AvgIpc) is 3.08. The highest BCUT2D eigenvalue weighted by Gasteiger charge is 2.17. The second-order valence-corrected chi connectivity index (χ2v) is 6.47. The molecule has 0 radical (unpaired) electrons. The van der Waals surface area contributed by atoms with Gasteiger partial charge in [0, 0.05) is 43.8 Å². The van der Waals surface area contributed by atoms with E-state index in [-0.39, 0.29) is 18.0 Å². The van der Waals surface area contributed by atoms with Gasteiger partial charge in [0.15, 0.2) is 0 Å². The second kappa shape index (κ2) is 6.88. The summed E-state index contributed by atoms with van der Waals surface area (Å²) in [5, 5.41) is 9.28. The number of aliphatic hydroxyl groups excluding tert-OH is 1. The molecule has 2 aromatic rings. The fraction of sp³-hybridized carbons (Fsp3) is 0.462. The Morgan fingerprint density at radius 1 is 1.48 bits per heavy atom. The summed E-state index contributed by atoms with van der Waals surface area (Å²) in [6, 6.07) is 1.50. The Balaban J connectivity index is 2.04. The van der Waals surface area contributed by atoms with Crippen LogP contribution >= 0.6 is 0 Å². The number of nitrogens with one attached hydrogen (secondary N) is 2. The van der Waals surface area contributed by atoms with Gasteiger partial charge in [0.25, 0.3) is 0 Å². The Morgan fingerprint density at radius 2 is 2.29 bits per heavy atom. The van der Waals surface area contributed by atoms with Gasteiger partial charge < -0.3 is 14.7 Å². The molecule has 3 N–H and O–H groups in total. The molecule has 0 amide bonds. The Bertz CT molecular complexity index is 662. The topological polar surface area (TPSA) is 100 Å². The normalized spacial score (nSPS) is 11.9. The van der Waals surface area contributed by atoms with Gasteiger partial charge >= 0.3 is 0 Å². The van der Waals surface area contributed by atoms with Crippen LogP contribution in [0.3, 0.4) is 0 Å². The molecule has 0 aliphatic heterocycles. The molecule has 0 aromatic carbocycles. The molecule has 2 heterocycles. The predicted molar refractivity (Wildman–Crippen MR) is 78.1 cm³/mol. The van der Waals surface area contributed by atoms with Crippen LogP contribution in [0.4, 0.5) is 0 Å². The lowest BCUT2D eigenvalue weighted by Gasteiger charge is -2.04. The molecule has 2 aromatic heterocycles. The number of hydrogen-bond acceptors (Lipinski definition) is 4. The number of hydrogen-bond donors (Lipinski definition) is 3. The van der Waals surface area contributed by atoms with Crippen molar-refractivity contribution in [1.82, 2.24) is 19.3 Å². The maximum absolute atomic E-state index is 12.2. The number of rotatable bonds is 8. The highest BCUT2D eigenvalue weighted by Crippen LogP contribution is 2.15. The van der Waals surface area contributed by atoms with Crippen LogP contribution in [0.1, 0.15) is 24.9 Å².